The fourth-order valence-corrected chi connectivity index (χ4v) is 4.54. The second-order valence-corrected chi connectivity index (χ2v) is 8.52. The lowest BCUT2D eigenvalue weighted by Crippen LogP contribution is -2.34. The summed E-state index contributed by atoms with van der Waals surface area (Å²) in [6.45, 7) is 1.75. The molecule has 0 saturated carbocycles. The zero-order valence-corrected chi connectivity index (χ0v) is 17.5. The molecule has 2 heterocycles. The van der Waals surface area contributed by atoms with Crippen molar-refractivity contribution in [3.8, 4) is 0 Å². The maximum atomic E-state index is 12.2. The highest BCUT2D eigenvalue weighted by molar-refractivity contribution is 7.13. The van der Waals surface area contributed by atoms with Crippen molar-refractivity contribution in [1.82, 2.24) is 9.88 Å². The highest BCUT2D eigenvalue weighted by atomic mass is 32.1. The van der Waals surface area contributed by atoms with Crippen molar-refractivity contribution in [2.45, 2.75) is 38.0 Å². The fourth-order valence-electron chi connectivity index (χ4n) is 3.98. The van der Waals surface area contributed by atoms with Gasteiger partial charge in [0.2, 0.25) is 5.91 Å². The Balaban J connectivity index is 1.34. The average Bonchev–Trinajstić information content (AvgIpc) is 3.38. The first-order valence-electron chi connectivity index (χ1n) is 10.1. The van der Waals surface area contributed by atoms with Gasteiger partial charge in [-0.2, -0.15) is 0 Å². The first-order valence-corrected chi connectivity index (χ1v) is 11.0. The third-order valence-corrected chi connectivity index (χ3v) is 6.18. The summed E-state index contributed by atoms with van der Waals surface area (Å²) < 4.78 is 0. The van der Waals surface area contributed by atoms with Crippen LogP contribution < -0.4 is 11.1 Å². The molecule has 1 aliphatic heterocycles. The minimum Gasteiger partial charge on any atom is -0.387 e. The molecule has 4 rings (SSSR count). The number of nitrogens with two attached hydrogens (primary N) is 1. The molecule has 1 aliphatic rings. The molecular weight excluding hydrogens is 396 g/mol. The summed E-state index contributed by atoms with van der Waals surface area (Å²) >= 11 is 1.33. The lowest BCUT2D eigenvalue weighted by molar-refractivity contribution is -0.115. The third kappa shape index (κ3) is 5.05. The first kappa shape index (κ1) is 20.5. The first-order chi connectivity index (χ1) is 14.6. The molecule has 0 aliphatic carbocycles. The molecule has 1 fully saturated rings. The van der Waals surface area contributed by atoms with Gasteiger partial charge in [0.25, 0.3) is 0 Å². The van der Waals surface area contributed by atoms with E-state index in [9.17, 15) is 9.90 Å². The van der Waals surface area contributed by atoms with Crippen molar-refractivity contribution in [2.75, 3.05) is 17.6 Å². The number of aliphatic hydroxyl groups excluding tert-OH is 1. The van der Waals surface area contributed by atoms with Crippen LogP contribution in [0.4, 0.5) is 10.8 Å². The van der Waals surface area contributed by atoms with E-state index >= 15 is 0 Å². The summed E-state index contributed by atoms with van der Waals surface area (Å²) in [5, 5.41) is 16.0. The van der Waals surface area contributed by atoms with E-state index in [0.29, 0.717) is 10.8 Å². The number of anilines is 2. The minimum absolute atomic E-state index is 0.112. The van der Waals surface area contributed by atoms with E-state index in [0.717, 1.165) is 42.7 Å². The molecule has 156 valence electrons. The lowest BCUT2D eigenvalue weighted by atomic mass is 10.00. The monoisotopic (exact) mass is 422 g/mol. The van der Waals surface area contributed by atoms with Gasteiger partial charge in [-0.15, -0.1) is 11.3 Å². The zero-order valence-electron chi connectivity index (χ0n) is 16.7. The molecule has 2 atom stereocenters. The topological polar surface area (TPSA) is 91.5 Å². The standard InChI is InChI=1S/C23H26N4O2S/c24-23-26-19(15-30-23)13-21(28)25-18-10-8-16(9-11-18)14-27-12-4-7-20(27)22(29)17-5-2-1-3-6-17/h1-3,5-6,8-11,15,20,22,29H,4,7,12-14H2,(H2,24,26)(H,25,28)/t20?,22-/m1/s1. The molecule has 2 aromatic carbocycles. The maximum absolute atomic E-state index is 12.2. The van der Waals surface area contributed by atoms with E-state index in [1.54, 1.807) is 5.38 Å². The van der Waals surface area contributed by atoms with Gasteiger partial charge in [-0.3, -0.25) is 9.69 Å². The Kier molecular flexibility index (Phi) is 6.42. The Morgan fingerprint density at radius 3 is 2.70 bits per heavy atom. The molecular formula is C23H26N4O2S. The van der Waals surface area contributed by atoms with E-state index < -0.39 is 6.10 Å². The molecule has 6 nitrogen and oxygen atoms in total. The molecule has 0 bridgehead atoms. The van der Waals surface area contributed by atoms with Crippen LogP contribution in [-0.2, 0) is 17.8 Å². The average molecular weight is 423 g/mol. The number of benzene rings is 2. The molecule has 1 aromatic heterocycles. The van der Waals surface area contributed by atoms with Crippen LogP contribution >= 0.6 is 11.3 Å². The van der Waals surface area contributed by atoms with Crippen LogP contribution in [0.25, 0.3) is 0 Å². The van der Waals surface area contributed by atoms with Crippen molar-refractivity contribution in [3.63, 3.8) is 0 Å². The largest absolute Gasteiger partial charge is 0.387 e. The van der Waals surface area contributed by atoms with E-state index in [1.165, 1.54) is 11.3 Å². The van der Waals surface area contributed by atoms with Gasteiger partial charge in [-0.1, -0.05) is 42.5 Å². The molecule has 30 heavy (non-hydrogen) atoms. The number of likely N-dealkylation sites (tertiary alicyclic amines) is 1. The number of thiazole rings is 1. The van der Waals surface area contributed by atoms with Crippen LogP contribution in [0.1, 0.15) is 35.8 Å². The minimum atomic E-state index is -0.480. The highest BCUT2D eigenvalue weighted by Gasteiger charge is 2.31. The Bertz CT molecular complexity index is 974. The number of nitrogens with zero attached hydrogens (tertiary/aromatic N) is 2. The van der Waals surface area contributed by atoms with Crippen molar-refractivity contribution >= 4 is 28.1 Å². The fraction of sp³-hybridized carbons (Fsp3) is 0.304. The number of hydrogen-bond donors (Lipinski definition) is 3. The Morgan fingerprint density at radius 2 is 2.00 bits per heavy atom. The van der Waals surface area contributed by atoms with Crippen LogP contribution in [-0.4, -0.2) is 33.5 Å². The Morgan fingerprint density at radius 1 is 1.23 bits per heavy atom. The Hall–Kier alpha value is -2.74. The summed E-state index contributed by atoms with van der Waals surface area (Å²) in [4.78, 5) is 18.6. The van der Waals surface area contributed by atoms with Crippen LogP contribution in [0, 0.1) is 0 Å². The number of aliphatic hydroxyl groups is 1. The number of amides is 1. The van der Waals surface area contributed by atoms with Gasteiger partial charge in [0.05, 0.1) is 18.2 Å². The summed E-state index contributed by atoms with van der Waals surface area (Å²) in [5.74, 6) is -0.112. The predicted octanol–water partition coefficient (Wildman–Crippen LogP) is 3.60. The quantitative estimate of drug-likeness (QED) is 0.541. The van der Waals surface area contributed by atoms with Gasteiger partial charge >= 0.3 is 0 Å². The summed E-state index contributed by atoms with van der Waals surface area (Å²) in [5.41, 5.74) is 9.18. The van der Waals surface area contributed by atoms with E-state index in [4.69, 9.17) is 5.73 Å². The molecule has 4 N–H and O–H groups in total. The van der Waals surface area contributed by atoms with Crippen molar-refractivity contribution < 1.29 is 9.90 Å². The zero-order chi connectivity index (χ0) is 20.9. The van der Waals surface area contributed by atoms with Gasteiger partial charge in [-0.05, 0) is 42.6 Å². The lowest BCUT2D eigenvalue weighted by Gasteiger charge is -2.29. The highest BCUT2D eigenvalue weighted by Crippen LogP contribution is 2.30. The number of rotatable bonds is 7. The Labute approximate surface area is 180 Å². The predicted molar refractivity (Wildman–Crippen MR) is 120 cm³/mol. The van der Waals surface area contributed by atoms with Gasteiger partial charge in [-0.25, -0.2) is 4.98 Å². The van der Waals surface area contributed by atoms with Crippen molar-refractivity contribution in [2.24, 2.45) is 0 Å². The normalized spacial score (nSPS) is 17.7. The molecule has 1 unspecified atom stereocenters. The van der Waals surface area contributed by atoms with Gasteiger partial charge < -0.3 is 16.2 Å². The molecule has 3 aromatic rings. The van der Waals surface area contributed by atoms with Crippen molar-refractivity contribution in [1.29, 1.82) is 0 Å². The second-order valence-electron chi connectivity index (χ2n) is 7.63. The second kappa shape index (κ2) is 9.38. The van der Waals surface area contributed by atoms with Crippen LogP contribution in [0.2, 0.25) is 0 Å². The van der Waals surface area contributed by atoms with Gasteiger partial charge in [0, 0.05) is 23.7 Å². The summed E-state index contributed by atoms with van der Waals surface area (Å²) in [7, 11) is 0. The van der Waals surface area contributed by atoms with E-state index in [2.05, 4.69) is 15.2 Å². The SMILES string of the molecule is Nc1nc(CC(=O)Nc2ccc(CN3CCCC3[C@H](O)c3ccccc3)cc2)cs1. The van der Waals surface area contributed by atoms with E-state index in [-0.39, 0.29) is 18.4 Å². The molecule has 0 radical (unpaired) electrons. The molecule has 1 saturated heterocycles. The van der Waals surface area contributed by atoms with Crippen LogP contribution in [0.5, 0.6) is 0 Å². The number of aromatic nitrogens is 1. The maximum Gasteiger partial charge on any atom is 0.230 e. The third-order valence-electron chi connectivity index (χ3n) is 5.45. The summed E-state index contributed by atoms with van der Waals surface area (Å²) in [6, 6.07) is 17.9. The van der Waals surface area contributed by atoms with Gasteiger partial charge in [0.1, 0.15) is 0 Å². The summed E-state index contributed by atoms with van der Waals surface area (Å²) in [6.07, 6.45) is 1.81. The molecule has 0 spiro atoms. The number of nitrogens with one attached hydrogen (secondary N) is 1. The molecule has 7 heteroatoms. The number of carbonyl (C=O) groups is 1. The number of nitrogen functional groups attached to an aromatic ring is 1. The van der Waals surface area contributed by atoms with Crippen LogP contribution in [0.15, 0.2) is 60.0 Å². The number of hydrogen-bond acceptors (Lipinski definition) is 6. The number of carbonyl (C=O) groups excluding carboxylic acids is 1. The van der Waals surface area contributed by atoms with Crippen molar-refractivity contribution in [3.05, 3.63) is 76.8 Å². The smallest absolute Gasteiger partial charge is 0.230 e. The van der Waals surface area contributed by atoms with Gasteiger partial charge in [0.15, 0.2) is 5.13 Å². The molecule has 1 amide bonds. The van der Waals surface area contributed by atoms with E-state index in [1.807, 2.05) is 54.6 Å². The van der Waals surface area contributed by atoms with Crippen LogP contribution in [0.3, 0.4) is 0 Å².